The van der Waals surface area contributed by atoms with Gasteiger partial charge in [0, 0.05) is 17.7 Å². The molecule has 1 unspecified atom stereocenters. The highest BCUT2D eigenvalue weighted by Gasteiger charge is 2.33. The Hall–Kier alpha value is -2.89. The molecule has 26 heavy (non-hydrogen) atoms. The van der Waals surface area contributed by atoms with Gasteiger partial charge in [0.25, 0.3) is 0 Å². The first-order chi connectivity index (χ1) is 12.4. The zero-order chi connectivity index (χ0) is 18.3. The van der Waals surface area contributed by atoms with Gasteiger partial charge in [-0.2, -0.15) is 5.10 Å². The number of aryl methyl sites for hydroxylation is 2. The van der Waals surface area contributed by atoms with Crippen molar-refractivity contribution in [3.8, 4) is 11.6 Å². The third-order valence-electron chi connectivity index (χ3n) is 4.55. The minimum absolute atomic E-state index is 0.111. The second-order valence-electron chi connectivity index (χ2n) is 7.40. The number of nitrogens with zero attached hydrogens (tertiary/aromatic N) is 4. The van der Waals surface area contributed by atoms with Gasteiger partial charge in [-0.3, -0.25) is 4.98 Å². The van der Waals surface area contributed by atoms with Crippen LogP contribution in [0.1, 0.15) is 43.3 Å². The molecule has 4 rings (SSSR count). The lowest BCUT2D eigenvalue weighted by Crippen LogP contribution is -2.37. The van der Waals surface area contributed by atoms with Crippen LogP contribution in [-0.4, -0.2) is 25.3 Å². The van der Waals surface area contributed by atoms with Crippen LogP contribution in [0, 0.1) is 13.8 Å². The fraction of sp³-hybridized carbons (Fsp3) is 0.350. The largest absolute Gasteiger partial charge is 0.487 e. The summed E-state index contributed by atoms with van der Waals surface area (Å²) in [7, 11) is 0. The Morgan fingerprint density at radius 2 is 2.00 bits per heavy atom. The van der Waals surface area contributed by atoms with E-state index in [0.717, 1.165) is 34.9 Å². The van der Waals surface area contributed by atoms with Gasteiger partial charge in [0.05, 0.1) is 24.1 Å². The van der Waals surface area contributed by atoms with Gasteiger partial charge in [0.2, 0.25) is 0 Å². The third-order valence-corrected chi connectivity index (χ3v) is 4.55. The standard InChI is InChI=1S/C20H23N5O/c1-13-9-14(2)25(24-13)19-12-21-11-18(23-19)22-16-10-20(3,4)26-17-8-6-5-7-15(16)17/h5-9,11-12,16H,10H2,1-4H3,(H,22,23). The molecule has 1 N–H and O–H groups in total. The molecule has 1 aliphatic heterocycles. The molecule has 0 saturated heterocycles. The Morgan fingerprint density at radius 3 is 2.77 bits per heavy atom. The van der Waals surface area contributed by atoms with E-state index in [2.05, 4.69) is 35.3 Å². The number of hydrogen-bond acceptors (Lipinski definition) is 5. The Kier molecular flexibility index (Phi) is 3.90. The molecule has 0 radical (unpaired) electrons. The van der Waals surface area contributed by atoms with E-state index in [4.69, 9.17) is 9.72 Å². The molecule has 0 saturated carbocycles. The Morgan fingerprint density at radius 1 is 1.19 bits per heavy atom. The number of ether oxygens (including phenoxy) is 1. The molecule has 6 nitrogen and oxygen atoms in total. The van der Waals surface area contributed by atoms with Gasteiger partial charge >= 0.3 is 0 Å². The Labute approximate surface area is 153 Å². The van der Waals surface area contributed by atoms with Crippen molar-refractivity contribution in [2.24, 2.45) is 0 Å². The highest BCUT2D eigenvalue weighted by molar-refractivity contribution is 5.45. The van der Waals surface area contributed by atoms with Gasteiger partial charge in [-0.1, -0.05) is 18.2 Å². The van der Waals surface area contributed by atoms with Crippen molar-refractivity contribution < 1.29 is 4.74 Å². The molecule has 3 heterocycles. The number of para-hydroxylation sites is 1. The Bertz CT molecular complexity index is 947. The van der Waals surface area contributed by atoms with Crippen molar-refractivity contribution in [3.05, 3.63) is 59.7 Å². The summed E-state index contributed by atoms with van der Waals surface area (Å²) in [6.07, 6.45) is 4.32. The lowest BCUT2D eigenvalue weighted by atomic mass is 9.90. The van der Waals surface area contributed by atoms with E-state index in [1.807, 2.05) is 42.8 Å². The lowest BCUT2D eigenvalue weighted by molar-refractivity contribution is 0.0758. The number of nitrogens with one attached hydrogen (secondary N) is 1. The first-order valence-electron chi connectivity index (χ1n) is 8.81. The monoisotopic (exact) mass is 349 g/mol. The number of aromatic nitrogens is 4. The SMILES string of the molecule is Cc1cc(C)n(-c2cncc(NC3CC(C)(C)Oc4ccccc43)n2)n1. The van der Waals surface area contributed by atoms with E-state index in [-0.39, 0.29) is 11.6 Å². The normalized spacial score (nSPS) is 18.1. The van der Waals surface area contributed by atoms with Gasteiger partial charge < -0.3 is 10.1 Å². The summed E-state index contributed by atoms with van der Waals surface area (Å²) in [5, 5.41) is 8.03. The zero-order valence-corrected chi connectivity index (χ0v) is 15.5. The first-order valence-corrected chi connectivity index (χ1v) is 8.81. The van der Waals surface area contributed by atoms with Crippen molar-refractivity contribution in [1.29, 1.82) is 0 Å². The molecular formula is C20H23N5O. The smallest absolute Gasteiger partial charge is 0.174 e. The molecule has 0 amide bonds. The summed E-state index contributed by atoms with van der Waals surface area (Å²) in [5.41, 5.74) is 2.90. The quantitative estimate of drug-likeness (QED) is 0.774. The van der Waals surface area contributed by atoms with Crippen molar-refractivity contribution in [1.82, 2.24) is 19.7 Å². The number of anilines is 1. The van der Waals surface area contributed by atoms with Gasteiger partial charge in [-0.15, -0.1) is 0 Å². The average molecular weight is 349 g/mol. The Balaban J connectivity index is 1.66. The maximum absolute atomic E-state index is 6.11. The number of fused-ring (bicyclic) bond motifs is 1. The van der Waals surface area contributed by atoms with Gasteiger partial charge in [0.15, 0.2) is 5.82 Å². The average Bonchev–Trinajstić information content (AvgIpc) is 2.92. The van der Waals surface area contributed by atoms with Crippen LogP contribution in [0.15, 0.2) is 42.7 Å². The van der Waals surface area contributed by atoms with Crippen LogP contribution in [0.25, 0.3) is 5.82 Å². The summed E-state index contributed by atoms with van der Waals surface area (Å²) in [6, 6.07) is 10.3. The maximum atomic E-state index is 6.11. The van der Waals surface area contributed by atoms with Crippen LogP contribution >= 0.6 is 0 Å². The molecule has 0 spiro atoms. The van der Waals surface area contributed by atoms with E-state index in [0.29, 0.717) is 5.82 Å². The van der Waals surface area contributed by atoms with Gasteiger partial charge in [-0.25, -0.2) is 9.67 Å². The first kappa shape index (κ1) is 16.6. The molecule has 0 fully saturated rings. The summed E-state index contributed by atoms with van der Waals surface area (Å²) < 4.78 is 7.92. The highest BCUT2D eigenvalue weighted by atomic mass is 16.5. The van der Waals surface area contributed by atoms with E-state index >= 15 is 0 Å². The highest BCUT2D eigenvalue weighted by Crippen LogP contribution is 2.40. The summed E-state index contributed by atoms with van der Waals surface area (Å²) >= 11 is 0. The fourth-order valence-electron chi connectivity index (χ4n) is 3.50. The number of rotatable bonds is 3. The van der Waals surface area contributed by atoms with Crippen molar-refractivity contribution in [2.45, 2.75) is 45.8 Å². The molecule has 6 heteroatoms. The molecule has 0 bridgehead atoms. The van der Waals surface area contributed by atoms with E-state index in [1.165, 1.54) is 0 Å². The van der Waals surface area contributed by atoms with Crippen LogP contribution in [0.2, 0.25) is 0 Å². The maximum Gasteiger partial charge on any atom is 0.174 e. The van der Waals surface area contributed by atoms with Crippen LogP contribution in [-0.2, 0) is 0 Å². The summed E-state index contributed by atoms with van der Waals surface area (Å²) in [5.74, 6) is 2.36. The van der Waals surface area contributed by atoms with Crippen LogP contribution < -0.4 is 10.1 Å². The minimum atomic E-state index is -0.243. The molecule has 1 aliphatic rings. The predicted molar refractivity (Wildman–Crippen MR) is 101 cm³/mol. The summed E-state index contributed by atoms with van der Waals surface area (Å²) in [4.78, 5) is 9.07. The summed E-state index contributed by atoms with van der Waals surface area (Å²) in [6.45, 7) is 8.20. The van der Waals surface area contributed by atoms with Gasteiger partial charge in [0.1, 0.15) is 17.2 Å². The van der Waals surface area contributed by atoms with Gasteiger partial charge in [-0.05, 0) is 39.8 Å². The van der Waals surface area contributed by atoms with Crippen molar-refractivity contribution in [3.63, 3.8) is 0 Å². The molecule has 3 aromatic rings. The third kappa shape index (κ3) is 3.14. The fourth-order valence-corrected chi connectivity index (χ4v) is 3.50. The second kappa shape index (κ2) is 6.12. The topological polar surface area (TPSA) is 64.9 Å². The van der Waals surface area contributed by atoms with E-state index in [9.17, 15) is 0 Å². The second-order valence-corrected chi connectivity index (χ2v) is 7.40. The molecular weight excluding hydrogens is 326 g/mol. The number of hydrogen-bond donors (Lipinski definition) is 1. The molecule has 1 atom stereocenters. The van der Waals surface area contributed by atoms with Crippen molar-refractivity contribution in [2.75, 3.05) is 5.32 Å². The molecule has 0 aliphatic carbocycles. The molecule has 134 valence electrons. The zero-order valence-electron chi connectivity index (χ0n) is 15.5. The lowest BCUT2D eigenvalue weighted by Gasteiger charge is -2.38. The molecule has 1 aromatic carbocycles. The minimum Gasteiger partial charge on any atom is -0.487 e. The van der Waals surface area contributed by atoms with Crippen LogP contribution in [0.4, 0.5) is 5.82 Å². The van der Waals surface area contributed by atoms with E-state index in [1.54, 1.807) is 12.4 Å². The van der Waals surface area contributed by atoms with Crippen LogP contribution in [0.5, 0.6) is 5.75 Å². The number of benzene rings is 1. The van der Waals surface area contributed by atoms with Crippen LogP contribution in [0.3, 0.4) is 0 Å². The predicted octanol–water partition coefficient (Wildman–Crippen LogP) is 3.99. The van der Waals surface area contributed by atoms with Crippen molar-refractivity contribution >= 4 is 5.82 Å². The molecule has 2 aromatic heterocycles. The van der Waals surface area contributed by atoms with E-state index < -0.39 is 0 Å².